The second-order valence-electron chi connectivity index (χ2n) is 6.08. The standard InChI is InChI=1S/C18H15ClN4O2S/c1-9-17-22-21-10(2)23(17)18-13(7-11(26-18)8-15(24)25)16(20-9)12-5-3-4-6-14(12)19/h3-7,9H,8H2,1-2H3,(H,24,25). The van der Waals surface area contributed by atoms with Gasteiger partial charge in [0.2, 0.25) is 0 Å². The Hall–Kier alpha value is -2.51. The topological polar surface area (TPSA) is 80.4 Å². The monoisotopic (exact) mass is 386 g/mol. The number of carboxylic acids is 1. The highest BCUT2D eigenvalue weighted by atomic mass is 35.5. The molecule has 1 N–H and O–H groups in total. The fourth-order valence-electron chi connectivity index (χ4n) is 3.09. The quantitative estimate of drug-likeness (QED) is 0.741. The lowest BCUT2D eigenvalue weighted by atomic mass is 10.0. The first-order chi connectivity index (χ1) is 12.5. The van der Waals surface area contributed by atoms with Crippen molar-refractivity contribution in [3.63, 3.8) is 0 Å². The van der Waals surface area contributed by atoms with Gasteiger partial charge in [0.1, 0.15) is 16.9 Å². The van der Waals surface area contributed by atoms with Crippen molar-refractivity contribution < 1.29 is 9.90 Å². The number of benzene rings is 1. The van der Waals surface area contributed by atoms with E-state index in [0.29, 0.717) is 5.02 Å². The molecule has 0 spiro atoms. The van der Waals surface area contributed by atoms with Gasteiger partial charge in [0.15, 0.2) is 5.82 Å². The molecular formula is C18H15ClN4O2S. The molecule has 1 aliphatic rings. The van der Waals surface area contributed by atoms with E-state index in [1.54, 1.807) is 0 Å². The molecule has 26 heavy (non-hydrogen) atoms. The third-order valence-electron chi connectivity index (χ3n) is 4.22. The first-order valence-corrected chi connectivity index (χ1v) is 9.25. The third-order valence-corrected chi connectivity index (χ3v) is 5.67. The molecule has 0 aliphatic carbocycles. The number of carbonyl (C=O) groups is 1. The number of carboxylic acid groups (broad SMARTS) is 1. The van der Waals surface area contributed by atoms with E-state index in [1.807, 2.05) is 48.7 Å². The van der Waals surface area contributed by atoms with Crippen LogP contribution in [0.15, 0.2) is 35.3 Å². The molecule has 1 aromatic carbocycles. The zero-order valence-electron chi connectivity index (χ0n) is 14.1. The lowest BCUT2D eigenvalue weighted by molar-refractivity contribution is -0.136. The van der Waals surface area contributed by atoms with E-state index < -0.39 is 5.97 Å². The molecule has 1 aliphatic heterocycles. The van der Waals surface area contributed by atoms with Gasteiger partial charge in [0.05, 0.1) is 12.1 Å². The number of hydrogen-bond acceptors (Lipinski definition) is 5. The summed E-state index contributed by atoms with van der Waals surface area (Å²) in [5.74, 6) is 0.605. The number of aryl methyl sites for hydroxylation is 1. The van der Waals surface area contributed by atoms with E-state index in [9.17, 15) is 9.90 Å². The van der Waals surface area contributed by atoms with Crippen LogP contribution in [-0.2, 0) is 11.2 Å². The van der Waals surface area contributed by atoms with Crippen LogP contribution in [0, 0.1) is 6.92 Å². The molecule has 0 fully saturated rings. The number of aliphatic carboxylic acids is 1. The summed E-state index contributed by atoms with van der Waals surface area (Å²) >= 11 is 7.85. The summed E-state index contributed by atoms with van der Waals surface area (Å²) in [6.07, 6.45) is -0.0421. The molecule has 1 atom stereocenters. The minimum absolute atomic E-state index is 0.0421. The Labute approximate surface area is 158 Å². The summed E-state index contributed by atoms with van der Waals surface area (Å²) in [6, 6.07) is 9.21. The molecule has 2 aromatic heterocycles. The van der Waals surface area contributed by atoms with Gasteiger partial charge in [-0.1, -0.05) is 29.8 Å². The van der Waals surface area contributed by atoms with Crippen molar-refractivity contribution in [2.75, 3.05) is 0 Å². The summed E-state index contributed by atoms with van der Waals surface area (Å²) in [5, 5.41) is 19.1. The number of hydrogen-bond donors (Lipinski definition) is 1. The molecule has 3 aromatic rings. The maximum Gasteiger partial charge on any atom is 0.308 e. The lowest BCUT2D eigenvalue weighted by Gasteiger charge is -2.09. The van der Waals surface area contributed by atoms with Crippen LogP contribution in [0.5, 0.6) is 0 Å². The number of rotatable bonds is 3. The number of aromatic nitrogens is 3. The van der Waals surface area contributed by atoms with E-state index >= 15 is 0 Å². The van der Waals surface area contributed by atoms with Gasteiger partial charge in [-0.2, -0.15) is 0 Å². The Kier molecular flexibility index (Phi) is 4.13. The summed E-state index contributed by atoms with van der Waals surface area (Å²) in [6.45, 7) is 3.84. The number of fused-ring (bicyclic) bond motifs is 3. The number of aliphatic imine (C=N–C) groups is 1. The zero-order valence-corrected chi connectivity index (χ0v) is 15.7. The van der Waals surface area contributed by atoms with E-state index in [-0.39, 0.29) is 12.5 Å². The Balaban J connectivity index is 2.00. The van der Waals surface area contributed by atoms with Crippen molar-refractivity contribution in [1.29, 1.82) is 0 Å². The zero-order chi connectivity index (χ0) is 18.4. The highest BCUT2D eigenvalue weighted by molar-refractivity contribution is 7.15. The molecule has 0 radical (unpaired) electrons. The summed E-state index contributed by atoms with van der Waals surface area (Å²) in [7, 11) is 0. The number of halogens is 1. The van der Waals surface area contributed by atoms with Crippen LogP contribution in [-0.4, -0.2) is 31.6 Å². The van der Waals surface area contributed by atoms with Crippen molar-refractivity contribution in [1.82, 2.24) is 14.8 Å². The first-order valence-electron chi connectivity index (χ1n) is 8.05. The second-order valence-corrected chi connectivity index (χ2v) is 7.60. The maximum atomic E-state index is 11.2. The minimum Gasteiger partial charge on any atom is -0.481 e. The van der Waals surface area contributed by atoms with Crippen molar-refractivity contribution in [3.8, 4) is 5.00 Å². The van der Waals surface area contributed by atoms with Gasteiger partial charge in [0, 0.05) is 21.0 Å². The van der Waals surface area contributed by atoms with Crippen LogP contribution in [0.25, 0.3) is 5.00 Å². The highest BCUT2D eigenvalue weighted by Crippen LogP contribution is 2.37. The van der Waals surface area contributed by atoms with Crippen molar-refractivity contribution >= 4 is 34.6 Å². The molecule has 8 heteroatoms. The average Bonchev–Trinajstić information content (AvgIpc) is 3.13. The van der Waals surface area contributed by atoms with Gasteiger partial charge in [-0.15, -0.1) is 21.5 Å². The fourth-order valence-corrected chi connectivity index (χ4v) is 4.52. The van der Waals surface area contributed by atoms with Crippen LogP contribution in [0.4, 0.5) is 0 Å². The van der Waals surface area contributed by atoms with E-state index in [2.05, 4.69) is 10.2 Å². The Morgan fingerprint density at radius 3 is 2.81 bits per heavy atom. The molecule has 3 heterocycles. The van der Waals surface area contributed by atoms with Crippen molar-refractivity contribution in [3.05, 3.63) is 63.0 Å². The Morgan fingerprint density at radius 2 is 2.08 bits per heavy atom. The lowest BCUT2D eigenvalue weighted by Crippen LogP contribution is -2.06. The molecule has 132 valence electrons. The van der Waals surface area contributed by atoms with Gasteiger partial charge < -0.3 is 5.11 Å². The molecule has 6 nitrogen and oxygen atoms in total. The third kappa shape index (κ3) is 2.73. The van der Waals surface area contributed by atoms with Gasteiger partial charge in [-0.05, 0) is 26.0 Å². The van der Waals surface area contributed by atoms with E-state index in [0.717, 1.165) is 38.4 Å². The summed E-state index contributed by atoms with van der Waals surface area (Å²) in [4.78, 5) is 16.8. The molecule has 0 bridgehead atoms. The summed E-state index contributed by atoms with van der Waals surface area (Å²) < 4.78 is 1.96. The van der Waals surface area contributed by atoms with Crippen molar-refractivity contribution in [2.45, 2.75) is 26.3 Å². The van der Waals surface area contributed by atoms with Crippen LogP contribution in [0.1, 0.15) is 40.6 Å². The predicted molar refractivity (Wildman–Crippen MR) is 101 cm³/mol. The van der Waals surface area contributed by atoms with Crippen LogP contribution >= 0.6 is 22.9 Å². The molecule has 0 saturated heterocycles. The molecule has 1 unspecified atom stereocenters. The molecule has 0 saturated carbocycles. The largest absolute Gasteiger partial charge is 0.481 e. The Bertz CT molecular complexity index is 1050. The summed E-state index contributed by atoms with van der Waals surface area (Å²) in [5.41, 5.74) is 2.42. The fraction of sp³-hybridized carbons (Fsp3) is 0.222. The number of thiophene rings is 1. The van der Waals surface area contributed by atoms with Crippen LogP contribution in [0.3, 0.4) is 0 Å². The first kappa shape index (κ1) is 16.9. The average molecular weight is 387 g/mol. The van der Waals surface area contributed by atoms with Crippen LogP contribution < -0.4 is 0 Å². The second kappa shape index (κ2) is 6.34. The maximum absolute atomic E-state index is 11.2. The number of nitrogens with zero attached hydrogens (tertiary/aromatic N) is 4. The SMILES string of the molecule is Cc1nnc2n1-c1sc(CC(=O)O)cc1C(c1ccccc1Cl)=NC2C. The van der Waals surface area contributed by atoms with Gasteiger partial charge in [-0.25, -0.2) is 0 Å². The van der Waals surface area contributed by atoms with E-state index in [4.69, 9.17) is 16.6 Å². The van der Waals surface area contributed by atoms with Gasteiger partial charge >= 0.3 is 5.97 Å². The molecular weight excluding hydrogens is 372 g/mol. The molecule has 4 rings (SSSR count). The van der Waals surface area contributed by atoms with Crippen molar-refractivity contribution in [2.24, 2.45) is 4.99 Å². The van der Waals surface area contributed by atoms with E-state index in [1.165, 1.54) is 11.3 Å². The smallest absolute Gasteiger partial charge is 0.308 e. The van der Waals surface area contributed by atoms with Gasteiger partial charge in [-0.3, -0.25) is 14.4 Å². The van der Waals surface area contributed by atoms with Crippen LogP contribution in [0.2, 0.25) is 5.02 Å². The Morgan fingerprint density at radius 1 is 1.31 bits per heavy atom. The minimum atomic E-state index is -0.869. The van der Waals surface area contributed by atoms with Gasteiger partial charge in [0.25, 0.3) is 0 Å². The highest BCUT2D eigenvalue weighted by Gasteiger charge is 2.28. The normalized spacial score (nSPS) is 15.8. The molecule has 0 amide bonds. The predicted octanol–water partition coefficient (Wildman–Crippen LogP) is 3.83.